The summed E-state index contributed by atoms with van der Waals surface area (Å²) < 4.78 is 7.10. The second-order valence-electron chi connectivity index (χ2n) is 6.98. The Hall–Kier alpha value is -2.11. The average molecular weight is 302 g/mol. The standard InChI is InChI=1S/C16H22N4O2/c1-10-7-12(19-22-10)15(21)17-11-5-6-14-18-13(16(2,3)4)9-20(14)8-11/h7,9,11H,5-6,8H2,1-4H3,(H,17,21). The van der Waals surface area contributed by atoms with Crippen molar-refractivity contribution in [2.75, 3.05) is 0 Å². The lowest BCUT2D eigenvalue weighted by molar-refractivity contribution is 0.0918. The molecule has 1 aliphatic rings. The summed E-state index contributed by atoms with van der Waals surface area (Å²) in [5.41, 5.74) is 1.48. The summed E-state index contributed by atoms with van der Waals surface area (Å²) in [6, 6.07) is 1.75. The highest BCUT2D eigenvalue weighted by molar-refractivity contribution is 5.92. The molecule has 1 unspecified atom stereocenters. The van der Waals surface area contributed by atoms with Crippen molar-refractivity contribution in [2.45, 2.75) is 58.5 Å². The van der Waals surface area contributed by atoms with Gasteiger partial charge in [-0.05, 0) is 13.3 Å². The van der Waals surface area contributed by atoms with Crippen LogP contribution < -0.4 is 5.32 Å². The minimum Gasteiger partial charge on any atom is -0.361 e. The zero-order chi connectivity index (χ0) is 15.9. The van der Waals surface area contributed by atoms with Gasteiger partial charge in [-0.1, -0.05) is 25.9 Å². The van der Waals surface area contributed by atoms with E-state index in [1.54, 1.807) is 13.0 Å². The molecule has 0 spiro atoms. The average Bonchev–Trinajstić information content (AvgIpc) is 3.03. The maximum absolute atomic E-state index is 12.1. The van der Waals surface area contributed by atoms with Gasteiger partial charge in [0, 0.05) is 36.7 Å². The molecule has 0 aliphatic carbocycles. The van der Waals surface area contributed by atoms with Crippen LogP contribution in [0.5, 0.6) is 0 Å². The van der Waals surface area contributed by atoms with Crippen LogP contribution in [0.1, 0.15) is 55.0 Å². The largest absolute Gasteiger partial charge is 0.361 e. The van der Waals surface area contributed by atoms with E-state index in [4.69, 9.17) is 9.51 Å². The fourth-order valence-corrected chi connectivity index (χ4v) is 2.66. The van der Waals surface area contributed by atoms with Gasteiger partial charge < -0.3 is 14.4 Å². The Morgan fingerprint density at radius 2 is 2.23 bits per heavy atom. The van der Waals surface area contributed by atoms with Gasteiger partial charge in [0.2, 0.25) is 0 Å². The van der Waals surface area contributed by atoms with Gasteiger partial charge in [-0.3, -0.25) is 4.79 Å². The summed E-state index contributed by atoms with van der Waals surface area (Å²) >= 11 is 0. The Balaban J connectivity index is 1.69. The molecule has 0 fully saturated rings. The molecule has 0 bridgehead atoms. The van der Waals surface area contributed by atoms with Crippen LogP contribution >= 0.6 is 0 Å². The summed E-state index contributed by atoms with van der Waals surface area (Å²) in [5.74, 6) is 1.56. The van der Waals surface area contributed by atoms with Crippen LogP contribution in [0.3, 0.4) is 0 Å². The number of carbonyl (C=O) groups excluding carboxylic acids is 1. The van der Waals surface area contributed by atoms with Crippen molar-refractivity contribution in [3.8, 4) is 0 Å². The van der Waals surface area contributed by atoms with E-state index in [9.17, 15) is 4.79 Å². The van der Waals surface area contributed by atoms with Crippen LogP contribution in [-0.2, 0) is 18.4 Å². The molecule has 3 rings (SSSR count). The van der Waals surface area contributed by atoms with E-state index in [1.807, 2.05) is 0 Å². The zero-order valence-electron chi connectivity index (χ0n) is 13.5. The predicted molar refractivity (Wildman–Crippen MR) is 81.7 cm³/mol. The molecule has 0 saturated heterocycles. The molecular formula is C16H22N4O2. The molecule has 1 N–H and O–H groups in total. The first-order valence-electron chi connectivity index (χ1n) is 7.63. The maximum atomic E-state index is 12.1. The van der Waals surface area contributed by atoms with Crippen LogP contribution in [0.4, 0.5) is 0 Å². The Bertz CT molecular complexity index is 693. The molecule has 1 amide bonds. The quantitative estimate of drug-likeness (QED) is 0.923. The SMILES string of the molecule is Cc1cc(C(=O)NC2CCc3nc(C(C)(C)C)cn3C2)no1. The smallest absolute Gasteiger partial charge is 0.273 e. The lowest BCUT2D eigenvalue weighted by Crippen LogP contribution is -2.41. The number of rotatable bonds is 2. The van der Waals surface area contributed by atoms with Crippen molar-refractivity contribution in [3.05, 3.63) is 35.2 Å². The molecule has 22 heavy (non-hydrogen) atoms. The Labute approximate surface area is 129 Å². The molecular weight excluding hydrogens is 280 g/mol. The van der Waals surface area contributed by atoms with Crippen molar-refractivity contribution in [3.63, 3.8) is 0 Å². The normalized spacial score (nSPS) is 18.1. The maximum Gasteiger partial charge on any atom is 0.273 e. The highest BCUT2D eigenvalue weighted by Gasteiger charge is 2.26. The molecule has 2 aromatic rings. The van der Waals surface area contributed by atoms with Crippen molar-refractivity contribution in [1.29, 1.82) is 0 Å². The van der Waals surface area contributed by atoms with Gasteiger partial charge in [0.25, 0.3) is 5.91 Å². The van der Waals surface area contributed by atoms with E-state index in [0.717, 1.165) is 30.9 Å². The first-order chi connectivity index (χ1) is 10.3. The third-order valence-electron chi connectivity index (χ3n) is 3.96. The highest BCUT2D eigenvalue weighted by atomic mass is 16.5. The fraction of sp³-hybridized carbons (Fsp3) is 0.562. The third kappa shape index (κ3) is 2.91. The lowest BCUT2D eigenvalue weighted by Gasteiger charge is -2.24. The van der Waals surface area contributed by atoms with Crippen LogP contribution in [-0.4, -0.2) is 26.7 Å². The Kier molecular flexibility index (Phi) is 3.54. The first-order valence-corrected chi connectivity index (χ1v) is 7.63. The van der Waals surface area contributed by atoms with Gasteiger partial charge in [0.05, 0.1) is 5.69 Å². The lowest BCUT2D eigenvalue weighted by atomic mass is 9.93. The summed E-state index contributed by atoms with van der Waals surface area (Å²) in [6.45, 7) is 9.01. The van der Waals surface area contributed by atoms with Gasteiger partial charge in [0.15, 0.2) is 5.69 Å². The second-order valence-corrected chi connectivity index (χ2v) is 6.98. The number of aryl methyl sites for hydroxylation is 2. The van der Waals surface area contributed by atoms with Crippen LogP contribution in [0.25, 0.3) is 0 Å². The number of hydrogen-bond acceptors (Lipinski definition) is 4. The summed E-state index contributed by atoms with van der Waals surface area (Å²) in [7, 11) is 0. The van der Waals surface area contributed by atoms with E-state index in [0.29, 0.717) is 11.5 Å². The monoisotopic (exact) mass is 302 g/mol. The van der Waals surface area contributed by atoms with Crippen molar-refractivity contribution < 1.29 is 9.32 Å². The second kappa shape index (κ2) is 5.26. The van der Waals surface area contributed by atoms with Crippen LogP contribution in [0, 0.1) is 6.92 Å². The molecule has 118 valence electrons. The van der Waals surface area contributed by atoms with E-state index < -0.39 is 0 Å². The van der Waals surface area contributed by atoms with Gasteiger partial charge in [0.1, 0.15) is 11.6 Å². The van der Waals surface area contributed by atoms with Crippen molar-refractivity contribution in [1.82, 2.24) is 20.0 Å². The van der Waals surface area contributed by atoms with E-state index in [2.05, 4.69) is 42.0 Å². The van der Waals surface area contributed by atoms with Crippen molar-refractivity contribution >= 4 is 5.91 Å². The molecule has 6 heteroatoms. The third-order valence-corrected chi connectivity index (χ3v) is 3.96. The molecule has 1 aliphatic heterocycles. The number of nitrogens with one attached hydrogen (secondary N) is 1. The number of fused-ring (bicyclic) bond motifs is 1. The van der Waals surface area contributed by atoms with Crippen molar-refractivity contribution in [2.24, 2.45) is 0 Å². The Morgan fingerprint density at radius 3 is 2.86 bits per heavy atom. The van der Waals surface area contributed by atoms with Crippen LogP contribution in [0.15, 0.2) is 16.8 Å². The van der Waals surface area contributed by atoms with Crippen LogP contribution in [0.2, 0.25) is 0 Å². The molecule has 6 nitrogen and oxygen atoms in total. The van der Waals surface area contributed by atoms with Gasteiger partial charge in [-0.25, -0.2) is 4.98 Å². The van der Waals surface area contributed by atoms with E-state index in [-0.39, 0.29) is 17.4 Å². The molecule has 0 radical (unpaired) electrons. The number of aromatic nitrogens is 3. The molecule has 3 heterocycles. The fourth-order valence-electron chi connectivity index (χ4n) is 2.66. The number of carbonyl (C=O) groups is 1. The molecule has 0 saturated carbocycles. The summed E-state index contributed by atoms with van der Waals surface area (Å²) in [6.07, 6.45) is 3.87. The molecule has 1 atom stereocenters. The number of nitrogens with zero attached hydrogens (tertiary/aromatic N) is 3. The zero-order valence-corrected chi connectivity index (χ0v) is 13.5. The number of amides is 1. The number of imidazole rings is 1. The van der Waals surface area contributed by atoms with E-state index >= 15 is 0 Å². The van der Waals surface area contributed by atoms with Gasteiger partial charge in [-0.2, -0.15) is 0 Å². The highest BCUT2D eigenvalue weighted by Crippen LogP contribution is 2.24. The van der Waals surface area contributed by atoms with Gasteiger partial charge >= 0.3 is 0 Å². The van der Waals surface area contributed by atoms with E-state index in [1.165, 1.54) is 0 Å². The summed E-state index contributed by atoms with van der Waals surface area (Å²) in [5, 5.41) is 6.78. The first kappa shape index (κ1) is 14.8. The topological polar surface area (TPSA) is 73.0 Å². The predicted octanol–water partition coefficient (Wildman–Crippen LogP) is 2.22. The van der Waals surface area contributed by atoms with Gasteiger partial charge in [-0.15, -0.1) is 0 Å². The minimum atomic E-state index is -0.179. The number of hydrogen-bond donors (Lipinski definition) is 1. The minimum absolute atomic E-state index is 0.0430. The Morgan fingerprint density at radius 1 is 1.45 bits per heavy atom. The summed E-state index contributed by atoms with van der Waals surface area (Å²) in [4.78, 5) is 16.9. The molecule has 2 aromatic heterocycles. The molecule has 0 aromatic carbocycles.